The van der Waals surface area contributed by atoms with Gasteiger partial charge in [-0.15, -0.1) is 0 Å². The third-order valence-corrected chi connectivity index (χ3v) is 2.63. The highest BCUT2D eigenvalue weighted by Gasteiger charge is 2.31. The average Bonchev–Trinajstić information content (AvgIpc) is 2.66. The van der Waals surface area contributed by atoms with Gasteiger partial charge in [-0.25, -0.2) is 0 Å². The average molecular weight is 185 g/mol. The van der Waals surface area contributed by atoms with Crippen LogP contribution in [0.2, 0.25) is 0 Å². The van der Waals surface area contributed by atoms with Crippen molar-refractivity contribution >= 4 is 18.0 Å². The molecule has 14 heavy (non-hydrogen) atoms. The first kappa shape index (κ1) is 7.62. The highest BCUT2D eigenvalue weighted by molar-refractivity contribution is 5.75. The van der Waals surface area contributed by atoms with Crippen molar-refractivity contribution in [3.05, 3.63) is 35.9 Å². The van der Waals surface area contributed by atoms with Gasteiger partial charge in [0.05, 0.1) is 0 Å². The van der Waals surface area contributed by atoms with Crippen LogP contribution in [0.5, 0.6) is 0 Å². The zero-order valence-corrected chi connectivity index (χ0v) is 7.70. The lowest BCUT2D eigenvalue weighted by atomic mass is 9.99. The Balaban J connectivity index is 2.01. The SMILES string of the molecule is C1=CC2(CC=NN2)Nc2ccccc21. The normalized spacial score (nSPS) is 27.1. The van der Waals surface area contributed by atoms with Gasteiger partial charge in [0.25, 0.3) is 0 Å². The fraction of sp³-hybridized carbons (Fsp3) is 0.182. The van der Waals surface area contributed by atoms with Crippen molar-refractivity contribution < 1.29 is 0 Å². The second-order valence-electron chi connectivity index (χ2n) is 3.64. The summed E-state index contributed by atoms with van der Waals surface area (Å²) in [5.74, 6) is 0. The van der Waals surface area contributed by atoms with E-state index in [0.29, 0.717) is 0 Å². The van der Waals surface area contributed by atoms with Crippen LogP contribution in [0.15, 0.2) is 35.4 Å². The molecule has 0 fully saturated rings. The van der Waals surface area contributed by atoms with Gasteiger partial charge in [0.2, 0.25) is 0 Å². The number of hydrogen-bond donors (Lipinski definition) is 2. The number of hydrazone groups is 1. The van der Waals surface area contributed by atoms with Crippen LogP contribution in [-0.2, 0) is 0 Å². The first-order valence-corrected chi connectivity index (χ1v) is 4.73. The van der Waals surface area contributed by atoms with Crippen LogP contribution in [0.25, 0.3) is 6.08 Å². The Bertz CT molecular complexity index is 412. The van der Waals surface area contributed by atoms with E-state index in [0.717, 1.165) is 12.1 Å². The summed E-state index contributed by atoms with van der Waals surface area (Å²) in [5.41, 5.74) is 5.29. The summed E-state index contributed by atoms with van der Waals surface area (Å²) >= 11 is 0. The van der Waals surface area contributed by atoms with Crippen LogP contribution < -0.4 is 10.7 Å². The zero-order valence-electron chi connectivity index (χ0n) is 7.70. The Morgan fingerprint density at radius 2 is 2.21 bits per heavy atom. The minimum atomic E-state index is -0.186. The predicted octanol–water partition coefficient (Wildman–Crippen LogP) is 1.80. The fourth-order valence-electron chi connectivity index (χ4n) is 1.85. The van der Waals surface area contributed by atoms with E-state index >= 15 is 0 Å². The predicted molar refractivity (Wildman–Crippen MR) is 58.1 cm³/mol. The third kappa shape index (κ3) is 1.02. The molecule has 3 nitrogen and oxygen atoms in total. The van der Waals surface area contributed by atoms with Gasteiger partial charge in [0.1, 0.15) is 5.66 Å². The van der Waals surface area contributed by atoms with Crippen LogP contribution in [-0.4, -0.2) is 11.9 Å². The molecule has 1 aromatic carbocycles. The van der Waals surface area contributed by atoms with Crippen molar-refractivity contribution in [2.75, 3.05) is 5.32 Å². The number of anilines is 1. The van der Waals surface area contributed by atoms with E-state index in [2.05, 4.69) is 40.1 Å². The molecule has 3 rings (SSSR count). The van der Waals surface area contributed by atoms with Gasteiger partial charge in [0.15, 0.2) is 0 Å². The number of nitrogens with zero attached hydrogens (tertiary/aromatic N) is 1. The molecule has 2 N–H and O–H groups in total. The van der Waals surface area contributed by atoms with Crippen molar-refractivity contribution in [1.82, 2.24) is 5.43 Å². The van der Waals surface area contributed by atoms with Gasteiger partial charge in [0, 0.05) is 18.3 Å². The molecule has 1 unspecified atom stereocenters. The van der Waals surface area contributed by atoms with Gasteiger partial charge < -0.3 is 5.32 Å². The maximum absolute atomic E-state index is 4.04. The number of hydrogen-bond acceptors (Lipinski definition) is 3. The summed E-state index contributed by atoms with van der Waals surface area (Å²) in [6.45, 7) is 0. The number of fused-ring (bicyclic) bond motifs is 1. The second kappa shape index (κ2) is 2.61. The highest BCUT2D eigenvalue weighted by atomic mass is 15.4. The van der Waals surface area contributed by atoms with E-state index in [1.54, 1.807) is 0 Å². The Kier molecular flexibility index (Phi) is 1.42. The summed E-state index contributed by atoms with van der Waals surface area (Å²) in [7, 11) is 0. The maximum Gasteiger partial charge on any atom is 0.148 e. The smallest absolute Gasteiger partial charge is 0.148 e. The van der Waals surface area contributed by atoms with Crippen molar-refractivity contribution in [2.24, 2.45) is 5.10 Å². The minimum absolute atomic E-state index is 0.186. The van der Waals surface area contributed by atoms with E-state index in [1.807, 2.05) is 18.3 Å². The summed E-state index contributed by atoms with van der Waals surface area (Å²) in [5, 5.41) is 7.49. The molecular formula is C11H11N3. The third-order valence-electron chi connectivity index (χ3n) is 2.63. The molecule has 0 aliphatic carbocycles. The van der Waals surface area contributed by atoms with E-state index in [4.69, 9.17) is 0 Å². The van der Waals surface area contributed by atoms with Crippen molar-refractivity contribution in [3.63, 3.8) is 0 Å². The molecule has 2 aliphatic heterocycles. The van der Waals surface area contributed by atoms with Gasteiger partial charge in [-0.05, 0) is 17.7 Å². The molecule has 1 atom stereocenters. The number of benzene rings is 1. The summed E-state index contributed by atoms with van der Waals surface area (Å²) in [6.07, 6.45) is 7.04. The maximum atomic E-state index is 4.04. The number of rotatable bonds is 0. The molecule has 0 amide bonds. The van der Waals surface area contributed by atoms with E-state index < -0.39 is 0 Å². The first-order valence-electron chi connectivity index (χ1n) is 4.73. The first-order chi connectivity index (χ1) is 6.88. The lowest BCUT2D eigenvalue weighted by molar-refractivity contribution is 0.517. The minimum Gasteiger partial charge on any atom is -0.358 e. The lowest BCUT2D eigenvalue weighted by Gasteiger charge is -2.31. The van der Waals surface area contributed by atoms with Crippen LogP contribution in [0.1, 0.15) is 12.0 Å². The quantitative estimate of drug-likeness (QED) is 0.646. The van der Waals surface area contributed by atoms with Crippen LogP contribution in [0, 0.1) is 0 Å². The Hall–Kier alpha value is -1.77. The van der Waals surface area contributed by atoms with Crippen LogP contribution in [0.3, 0.4) is 0 Å². The van der Waals surface area contributed by atoms with E-state index in [-0.39, 0.29) is 5.66 Å². The standard InChI is InChI=1S/C11H11N3/c1-2-4-10-9(3-1)5-6-11(13-10)7-8-12-14-11/h1-6,8,13-14H,7H2. The molecule has 3 heteroatoms. The molecule has 0 aromatic heterocycles. The Labute approximate surface area is 82.5 Å². The Morgan fingerprint density at radius 3 is 3.07 bits per heavy atom. The fourth-order valence-corrected chi connectivity index (χ4v) is 1.85. The van der Waals surface area contributed by atoms with Gasteiger partial charge >= 0.3 is 0 Å². The van der Waals surface area contributed by atoms with E-state index in [1.165, 1.54) is 5.56 Å². The molecule has 1 spiro atoms. The largest absolute Gasteiger partial charge is 0.358 e. The number of para-hydroxylation sites is 1. The molecule has 0 saturated heterocycles. The number of nitrogens with one attached hydrogen (secondary N) is 2. The summed E-state index contributed by atoms with van der Waals surface area (Å²) in [6, 6.07) is 8.26. The molecular weight excluding hydrogens is 174 g/mol. The van der Waals surface area contributed by atoms with Crippen molar-refractivity contribution in [2.45, 2.75) is 12.1 Å². The molecule has 2 aliphatic rings. The molecule has 70 valence electrons. The van der Waals surface area contributed by atoms with Gasteiger partial charge in [-0.3, -0.25) is 5.43 Å². The molecule has 1 aromatic rings. The monoisotopic (exact) mass is 185 g/mol. The molecule has 2 heterocycles. The summed E-state index contributed by atoms with van der Waals surface area (Å²) in [4.78, 5) is 0. The molecule has 0 bridgehead atoms. The second-order valence-corrected chi connectivity index (χ2v) is 3.64. The van der Waals surface area contributed by atoms with Gasteiger partial charge in [-0.1, -0.05) is 24.3 Å². The van der Waals surface area contributed by atoms with E-state index in [9.17, 15) is 0 Å². The highest BCUT2D eigenvalue weighted by Crippen LogP contribution is 2.29. The molecule has 0 saturated carbocycles. The topological polar surface area (TPSA) is 36.4 Å². The van der Waals surface area contributed by atoms with Crippen LogP contribution >= 0.6 is 0 Å². The lowest BCUT2D eigenvalue weighted by Crippen LogP contribution is -2.46. The molecule has 0 radical (unpaired) electrons. The van der Waals surface area contributed by atoms with Gasteiger partial charge in [-0.2, -0.15) is 5.10 Å². The zero-order chi connectivity index (χ0) is 9.43. The summed E-state index contributed by atoms with van der Waals surface area (Å²) < 4.78 is 0. The Morgan fingerprint density at radius 1 is 1.29 bits per heavy atom. The van der Waals surface area contributed by atoms with Crippen molar-refractivity contribution in [1.29, 1.82) is 0 Å². The van der Waals surface area contributed by atoms with Crippen molar-refractivity contribution in [3.8, 4) is 0 Å². The van der Waals surface area contributed by atoms with Crippen LogP contribution in [0.4, 0.5) is 5.69 Å².